The van der Waals surface area contributed by atoms with Crippen molar-refractivity contribution in [1.29, 1.82) is 0 Å². The predicted molar refractivity (Wildman–Crippen MR) is 45.5 cm³/mol. The molecule has 11 heavy (non-hydrogen) atoms. The predicted octanol–water partition coefficient (Wildman–Crippen LogP) is 1.23. The van der Waals surface area contributed by atoms with Gasteiger partial charge in [-0.1, -0.05) is 6.08 Å². The first kappa shape index (κ1) is 8.47. The van der Waals surface area contributed by atoms with Gasteiger partial charge in [0.2, 0.25) is 0 Å². The average Bonchev–Trinajstić information content (AvgIpc) is 2.37. The molecule has 0 N–H and O–H groups in total. The van der Waals surface area contributed by atoms with Crippen molar-refractivity contribution in [3.63, 3.8) is 0 Å². The lowest BCUT2D eigenvalue weighted by atomic mass is 10.1. The van der Waals surface area contributed by atoms with E-state index in [1.165, 1.54) is 19.4 Å². The van der Waals surface area contributed by atoms with E-state index in [0.29, 0.717) is 6.04 Å². The van der Waals surface area contributed by atoms with Crippen molar-refractivity contribution >= 4 is 6.29 Å². The normalized spacial score (nSPS) is 26.5. The van der Waals surface area contributed by atoms with E-state index in [9.17, 15) is 4.79 Å². The summed E-state index contributed by atoms with van der Waals surface area (Å²) in [7, 11) is 2.15. The van der Waals surface area contributed by atoms with Gasteiger partial charge in [0.25, 0.3) is 0 Å². The third-order valence-electron chi connectivity index (χ3n) is 2.29. The molecule has 62 valence electrons. The number of hydrogen-bond donors (Lipinski definition) is 0. The van der Waals surface area contributed by atoms with E-state index < -0.39 is 0 Å². The molecule has 1 atom stereocenters. The van der Waals surface area contributed by atoms with Gasteiger partial charge in [-0.25, -0.2) is 0 Å². The molecule has 1 unspecified atom stereocenters. The SMILES string of the molecule is CN1CCCC1C/C=C\C=O. The minimum Gasteiger partial charge on any atom is -0.303 e. The molecule has 0 aliphatic carbocycles. The molecule has 0 aromatic heterocycles. The quantitative estimate of drug-likeness (QED) is 0.449. The summed E-state index contributed by atoms with van der Waals surface area (Å²) in [5.41, 5.74) is 0. The number of hydrogen-bond acceptors (Lipinski definition) is 2. The Morgan fingerprint density at radius 1 is 1.64 bits per heavy atom. The van der Waals surface area contributed by atoms with Crippen LogP contribution >= 0.6 is 0 Å². The lowest BCUT2D eigenvalue weighted by Gasteiger charge is -2.16. The Bertz CT molecular complexity index is 154. The monoisotopic (exact) mass is 153 g/mol. The van der Waals surface area contributed by atoms with Gasteiger partial charge in [-0.3, -0.25) is 4.79 Å². The van der Waals surface area contributed by atoms with Crippen LogP contribution < -0.4 is 0 Å². The first-order chi connectivity index (χ1) is 5.34. The Morgan fingerprint density at radius 2 is 2.45 bits per heavy atom. The molecule has 0 bridgehead atoms. The van der Waals surface area contributed by atoms with E-state index >= 15 is 0 Å². The van der Waals surface area contributed by atoms with E-state index in [4.69, 9.17) is 0 Å². The van der Waals surface area contributed by atoms with Crippen LogP contribution in [0.15, 0.2) is 12.2 Å². The van der Waals surface area contributed by atoms with E-state index in [1.54, 1.807) is 6.08 Å². The molecule has 2 heteroatoms. The lowest BCUT2D eigenvalue weighted by molar-refractivity contribution is -0.104. The smallest absolute Gasteiger partial charge is 0.142 e. The van der Waals surface area contributed by atoms with Crippen molar-refractivity contribution in [1.82, 2.24) is 4.90 Å². The highest BCUT2D eigenvalue weighted by Gasteiger charge is 2.18. The topological polar surface area (TPSA) is 20.3 Å². The first-order valence-corrected chi connectivity index (χ1v) is 4.15. The van der Waals surface area contributed by atoms with Crippen molar-refractivity contribution in [3.05, 3.63) is 12.2 Å². The lowest BCUT2D eigenvalue weighted by Crippen LogP contribution is -2.23. The van der Waals surface area contributed by atoms with Gasteiger partial charge in [-0.2, -0.15) is 0 Å². The summed E-state index contributed by atoms with van der Waals surface area (Å²) in [6, 6.07) is 0.672. The molecule has 1 fully saturated rings. The van der Waals surface area contributed by atoms with E-state index in [-0.39, 0.29) is 0 Å². The molecule has 0 saturated carbocycles. The van der Waals surface area contributed by atoms with Crippen molar-refractivity contribution in [2.24, 2.45) is 0 Å². The number of carbonyl (C=O) groups is 1. The number of nitrogens with zero attached hydrogens (tertiary/aromatic N) is 1. The second-order valence-electron chi connectivity index (χ2n) is 3.08. The molecule has 1 heterocycles. The summed E-state index contributed by atoms with van der Waals surface area (Å²) in [6.45, 7) is 1.21. The molecule has 0 aromatic rings. The van der Waals surface area contributed by atoms with Gasteiger partial charge in [-0.15, -0.1) is 0 Å². The van der Waals surface area contributed by atoms with Crippen LogP contribution in [0.3, 0.4) is 0 Å². The summed E-state index contributed by atoms with van der Waals surface area (Å²) in [5.74, 6) is 0. The molecule has 1 aliphatic rings. The Hall–Kier alpha value is -0.630. The number of allylic oxidation sites excluding steroid dienone is 1. The zero-order chi connectivity index (χ0) is 8.10. The number of rotatable bonds is 3. The van der Waals surface area contributed by atoms with Crippen LogP contribution in [-0.2, 0) is 4.79 Å². The molecule has 0 amide bonds. The Morgan fingerprint density at radius 3 is 3.00 bits per heavy atom. The fourth-order valence-corrected chi connectivity index (χ4v) is 1.57. The molecular formula is C9H15NO. The molecule has 2 nitrogen and oxygen atoms in total. The Labute approximate surface area is 67.9 Å². The van der Waals surface area contributed by atoms with Gasteiger partial charge < -0.3 is 4.90 Å². The molecule has 0 aromatic carbocycles. The van der Waals surface area contributed by atoms with Gasteiger partial charge in [0.1, 0.15) is 6.29 Å². The third-order valence-corrected chi connectivity index (χ3v) is 2.29. The number of likely N-dealkylation sites (tertiary alicyclic amines) is 1. The van der Waals surface area contributed by atoms with Crippen molar-refractivity contribution in [2.45, 2.75) is 25.3 Å². The standard InChI is InChI=1S/C9H15NO/c1-10-7-4-6-9(10)5-2-3-8-11/h2-3,8-9H,4-7H2,1H3/b3-2-. The maximum absolute atomic E-state index is 9.96. The maximum Gasteiger partial charge on any atom is 0.142 e. The number of aldehydes is 1. The molecule has 0 radical (unpaired) electrons. The van der Waals surface area contributed by atoms with Gasteiger partial charge >= 0.3 is 0 Å². The van der Waals surface area contributed by atoms with Crippen LogP contribution in [0.4, 0.5) is 0 Å². The van der Waals surface area contributed by atoms with Gasteiger partial charge in [0.15, 0.2) is 0 Å². The van der Waals surface area contributed by atoms with Gasteiger partial charge in [0.05, 0.1) is 0 Å². The van der Waals surface area contributed by atoms with Crippen molar-refractivity contribution < 1.29 is 4.79 Å². The first-order valence-electron chi connectivity index (χ1n) is 4.15. The van der Waals surface area contributed by atoms with E-state index in [0.717, 1.165) is 12.7 Å². The minimum absolute atomic E-state index is 0.672. The Balaban J connectivity index is 2.25. The summed E-state index contributed by atoms with van der Waals surface area (Å²) in [4.78, 5) is 12.3. The summed E-state index contributed by atoms with van der Waals surface area (Å²) in [5, 5.41) is 0. The summed E-state index contributed by atoms with van der Waals surface area (Å²) >= 11 is 0. The third kappa shape index (κ3) is 2.46. The fourth-order valence-electron chi connectivity index (χ4n) is 1.57. The highest BCUT2D eigenvalue weighted by atomic mass is 16.1. The second-order valence-corrected chi connectivity index (χ2v) is 3.08. The average molecular weight is 153 g/mol. The van der Waals surface area contributed by atoms with Crippen LogP contribution in [0.1, 0.15) is 19.3 Å². The molecular weight excluding hydrogens is 138 g/mol. The minimum atomic E-state index is 0.672. The zero-order valence-corrected chi connectivity index (χ0v) is 6.99. The molecule has 1 aliphatic heterocycles. The van der Waals surface area contributed by atoms with Crippen LogP contribution in [0.2, 0.25) is 0 Å². The van der Waals surface area contributed by atoms with Crippen LogP contribution in [0.25, 0.3) is 0 Å². The molecule has 1 rings (SSSR count). The van der Waals surface area contributed by atoms with E-state index in [2.05, 4.69) is 11.9 Å². The van der Waals surface area contributed by atoms with Gasteiger partial charge in [-0.05, 0) is 38.9 Å². The maximum atomic E-state index is 9.96. The molecule has 0 spiro atoms. The van der Waals surface area contributed by atoms with Crippen LogP contribution in [0, 0.1) is 0 Å². The van der Waals surface area contributed by atoms with Crippen LogP contribution in [-0.4, -0.2) is 30.8 Å². The largest absolute Gasteiger partial charge is 0.303 e. The highest BCUT2D eigenvalue weighted by molar-refractivity contribution is 5.64. The number of carbonyl (C=O) groups excluding carboxylic acids is 1. The fraction of sp³-hybridized carbons (Fsp3) is 0.667. The summed E-state index contributed by atoms with van der Waals surface area (Å²) < 4.78 is 0. The van der Waals surface area contributed by atoms with E-state index in [1.807, 2.05) is 6.08 Å². The zero-order valence-electron chi connectivity index (χ0n) is 6.99. The molecule has 1 saturated heterocycles. The Kier molecular flexibility index (Phi) is 3.30. The summed E-state index contributed by atoms with van der Waals surface area (Å²) in [6.07, 6.45) is 7.99. The van der Waals surface area contributed by atoms with Crippen LogP contribution in [0.5, 0.6) is 0 Å². The van der Waals surface area contributed by atoms with Crippen molar-refractivity contribution in [3.8, 4) is 0 Å². The van der Waals surface area contributed by atoms with Gasteiger partial charge in [0, 0.05) is 6.04 Å². The highest BCUT2D eigenvalue weighted by Crippen LogP contribution is 2.17. The second kappa shape index (κ2) is 4.29. The van der Waals surface area contributed by atoms with Crippen molar-refractivity contribution in [2.75, 3.05) is 13.6 Å².